The molecule has 0 aromatic carbocycles. The Morgan fingerprint density at radius 1 is 1.29 bits per heavy atom. The molecule has 5 heteroatoms. The van der Waals surface area contributed by atoms with Crippen molar-refractivity contribution in [2.45, 2.75) is 58.0 Å². The molecule has 0 bridgehead atoms. The zero-order chi connectivity index (χ0) is 10.6. The van der Waals surface area contributed by atoms with Crippen LogP contribution in [0.25, 0.3) is 0 Å². The molecular weight excluding hydrogens is 198 g/mol. The van der Waals surface area contributed by atoms with E-state index in [0.717, 1.165) is 12.8 Å². The Kier molecular flexibility index (Phi) is 4.34. The van der Waals surface area contributed by atoms with Crippen LogP contribution < -0.4 is 9.44 Å². The molecular formula is C9H21N3OS. The van der Waals surface area contributed by atoms with Crippen LogP contribution in [0.3, 0.4) is 0 Å². The van der Waals surface area contributed by atoms with E-state index in [0.29, 0.717) is 0 Å². The minimum atomic E-state index is -2.78. The second-order valence-corrected chi connectivity index (χ2v) is 5.87. The van der Waals surface area contributed by atoms with Crippen molar-refractivity contribution in [3.63, 3.8) is 0 Å². The van der Waals surface area contributed by atoms with Crippen LogP contribution in [0.15, 0.2) is 0 Å². The third-order valence-corrected chi connectivity index (χ3v) is 3.81. The second-order valence-electron chi connectivity index (χ2n) is 4.28. The van der Waals surface area contributed by atoms with E-state index in [2.05, 4.69) is 9.44 Å². The predicted octanol–water partition coefficient (Wildman–Crippen LogP) is 1.78. The maximum Gasteiger partial charge on any atom is 0.170 e. The molecule has 0 spiro atoms. The molecule has 0 aromatic heterocycles. The second kappa shape index (κ2) is 5.09. The highest BCUT2D eigenvalue weighted by molar-refractivity contribution is 7.88. The van der Waals surface area contributed by atoms with Crippen LogP contribution in [0.4, 0.5) is 0 Å². The van der Waals surface area contributed by atoms with E-state index >= 15 is 0 Å². The Morgan fingerprint density at radius 2 is 1.86 bits per heavy atom. The molecule has 3 N–H and O–H groups in total. The maximum absolute atomic E-state index is 11.7. The van der Waals surface area contributed by atoms with Crippen LogP contribution in [-0.2, 0) is 10.1 Å². The van der Waals surface area contributed by atoms with Gasteiger partial charge in [0.1, 0.15) is 0 Å². The molecule has 1 unspecified atom stereocenters. The molecule has 84 valence electrons. The van der Waals surface area contributed by atoms with Gasteiger partial charge in [0.05, 0.1) is 0 Å². The number of hydrogen-bond donors (Lipinski definition) is 3. The third-order valence-electron chi connectivity index (χ3n) is 2.34. The molecule has 1 saturated carbocycles. The summed E-state index contributed by atoms with van der Waals surface area (Å²) in [5.74, 6) is 0. The van der Waals surface area contributed by atoms with E-state index in [4.69, 9.17) is 4.78 Å². The van der Waals surface area contributed by atoms with Gasteiger partial charge in [-0.05, 0) is 26.7 Å². The van der Waals surface area contributed by atoms with Crippen molar-refractivity contribution in [2.75, 3.05) is 0 Å². The first-order valence-electron chi connectivity index (χ1n) is 5.33. The molecule has 14 heavy (non-hydrogen) atoms. The Hall–Kier alpha value is -0.130. The van der Waals surface area contributed by atoms with E-state index in [-0.39, 0.29) is 12.1 Å². The fourth-order valence-electron chi connectivity index (χ4n) is 1.82. The summed E-state index contributed by atoms with van der Waals surface area (Å²) in [7, 11) is -2.78. The van der Waals surface area contributed by atoms with Crippen molar-refractivity contribution in [3.05, 3.63) is 0 Å². The summed E-state index contributed by atoms with van der Waals surface area (Å²) >= 11 is 0. The molecule has 4 nitrogen and oxygen atoms in total. The first-order chi connectivity index (χ1) is 6.49. The fraction of sp³-hybridized carbons (Fsp3) is 1.00. The van der Waals surface area contributed by atoms with Gasteiger partial charge in [-0.3, -0.25) is 0 Å². The highest BCUT2D eigenvalue weighted by atomic mass is 32.2. The molecule has 0 radical (unpaired) electrons. The molecule has 1 rings (SSSR count). The summed E-state index contributed by atoms with van der Waals surface area (Å²) in [4.78, 5) is 0. The molecule has 0 aliphatic heterocycles. The Morgan fingerprint density at radius 3 is 2.36 bits per heavy atom. The molecule has 0 heterocycles. The molecule has 0 amide bonds. The quantitative estimate of drug-likeness (QED) is 0.663. The maximum atomic E-state index is 11.7. The van der Waals surface area contributed by atoms with E-state index in [1.54, 1.807) is 0 Å². The van der Waals surface area contributed by atoms with Gasteiger partial charge in [0.25, 0.3) is 0 Å². The lowest BCUT2D eigenvalue weighted by atomic mass is 9.96. The standard InChI is InChI=1S/C9H21N3OS/c1-8(2)11-14(10,13)12-9-6-4-3-5-7-9/h8-9H,3-7H2,1-2H3,(H3,10,11,12,13). The van der Waals surface area contributed by atoms with Crippen LogP contribution in [0.5, 0.6) is 0 Å². The van der Waals surface area contributed by atoms with Gasteiger partial charge in [-0.15, -0.1) is 0 Å². The van der Waals surface area contributed by atoms with Gasteiger partial charge < -0.3 is 0 Å². The summed E-state index contributed by atoms with van der Waals surface area (Å²) in [5.41, 5.74) is 0. The summed E-state index contributed by atoms with van der Waals surface area (Å²) in [6.07, 6.45) is 5.75. The molecule has 1 atom stereocenters. The Balaban J connectivity index is 2.41. The fourth-order valence-corrected chi connectivity index (χ4v) is 3.26. The van der Waals surface area contributed by atoms with E-state index < -0.39 is 10.1 Å². The smallest absolute Gasteiger partial charge is 0.170 e. The van der Waals surface area contributed by atoms with E-state index in [1.807, 2.05) is 13.8 Å². The Bertz CT molecular complexity index is 255. The van der Waals surface area contributed by atoms with Crippen molar-refractivity contribution >= 4 is 10.1 Å². The largest absolute Gasteiger partial charge is 0.227 e. The monoisotopic (exact) mass is 219 g/mol. The van der Waals surface area contributed by atoms with E-state index in [1.165, 1.54) is 19.3 Å². The van der Waals surface area contributed by atoms with Gasteiger partial charge in [0, 0.05) is 12.1 Å². The van der Waals surface area contributed by atoms with Gasteiger partial charge in [-0.25, -0.2) is 18.4 Å². The van der Waals surface area contributed by atoms with E-state index in [9.17, 15) is 4.21 Å². The molecule has 1 aliphatic carbocycles. The van der Waals surface area contributed by atoms with Crippen LogP contribution >= 0.6 is 0 Å². The Labute approximate surface area is 87.1 Å². The van der Waals surface area contributed by atoms with Crippen LogP contribution in [-0.4, -0.2) is 16.3 Å². The highest BCUT2D eigenvalue weighted by Crippen LogP contribution is 2.17. The number of nitrogens with one attached hydrogen (secondary N) is 3. The predicted molar refractivity (Wildman–Crippen MR) is 59.1 cm³/mol. The molecule has 1 aliphatic rings. The van der Waals surface area contributed by atoms with Crippen LogP contribution in [0.1, 0.15) is 46.0 Å². The zero-order valence-electron chi connectivity index (χ0n) is 9.01. The minimum Gasteiger partial charge on any atom is -0.227 e. The van der Waals surface area contributed by atoms with Crippen LogP contribution in [0, 0.1) is 4.78 Å². The average molecular weight is 219 g/mol. The molecule has 0 aromatic rings. The lowest BCUT2D eigenvalue weighted by molar-refractivity contribution is 0.415. The first kappa shape index (κ1) is 11.9. The highest BCUT2D eigenvalue weighted by Gasteiger charge is 2.17. The van der Waals surface area contributed by atoms with Crippen molar-refractivity contribution < 1.29 is 4.21 Å². The van der Waals surface area contributed by atoms with Crippen molar-refractivity contribution in [1.82, 2.24) is 9.44 Å². The van der Waals surface area contributed by atoms with Crippen molar-refractivity contribution in [1.29, 1.82) is 4.78 Å². The molecule has 1 fully saturated rings. The normalized spacial score (nSPS) is 23.6. The minimum absolute atomic E-state index is 0.0797. The van der Waals surface area contributed by atoms with Gasteiger partial charge in [0.15, 0.2) is 10.1 Å². The summed E-state index contributed by atoms with van der Waals surface area (Å²) < 4.78 is 25.0. The third kappa shape index (κ3) is 4.39. The first-order valence-corrected chi connectivity index (χ1v) is 6.89. The lowest BCUT2D eigenvalue weighted by Gasteiger charge is -2.24. The van der Waals surface area contributed by atoms with Gasteiger partial charge in [-0.1, -0.05) is 19.3 Å². The average Bonchev–Trinajstić information content (AvgIpc) is 2.02. The van der Waals surface area contributed by atoms with Crippen molar-refractivity contribution in [2.24, 2.45) is 0 Å². The van der Waals surface area contributed by atoms with Gasteiger partial charge in [-0.2, -0.15) is 0 Å². The zero-order valence-corrected chi connectivity index (χ0v) is 9.82. The van der Waals surface area contributed by atoms with Gasteiger partial charge in [0.2, 0.25) is 0 Å². The van der Waals surface area contributed by atoms with Gasteiger partial charge >= 0.3 is 0 Å². The van der Waals surface area contributed by atoms with Crippen molar-refractivity contribution in [3.8, 4) is 0 Å². The molecule has 0 saturated heterocycles. The summed E-state index contributed by atoms with van der Waals surface area (Å²) in [5, 5.41) is 0. The lowest BCUT2D eigenvalue weighted by Crippen LogP contribution is -2.44. The summed E-state index contributed by atoms with van der Waals surface area (Å²) in [6, 6.07) is 0.344. The number of hydrogen-bond acceptors (Lipinski definition) is 2. The number of rotatable bonds is 4. The van der Waals surface area contributed by atoms with Crippen LogP contribution in [0.2, 0.25) is 0 Å². The SMILES string of the molecule is CC(C)NS(=N)(=O)NC1CCCCC1. The topological polar surface area (TPSA) is 65.0 Å². The summed E-state index contributed by atoms with van der Waals surface area (Å²) in [6.45, 7) is 3.80.